The topological polar surface area (TPSA) is 99.5 Å². The molecule has 2 N–H and O–H groups in total. The minimum absolute atomic E-state index is 0.0205. The average molecular weight is 954 g/mol. The lowest BCUT2D eigenvalue weighted by atomic mass is 9.98. The molecule has 0 aliphatic carbocycles. The number of Topliss-reactive ketones (excluding diaryl/α,β-unsaturated/α-hetero) is 1. The molecule has 3 atom stereocenters. The largest absolute Gasteiger partial charge is 0.394 e. The van der Waals surface area contributed by atoms with Crippen molar-refractivity contribution in [3.63, 3.8) is 0 Å². The summed E-state index contributed by atoms with van der Waals surface area (Å²) < 4.78 is 13.5. The third-order valence-electron chi connectivity index (χ3n) is 14.3. The van der Waals surface area contributed by atoms with Crippen LogP contribution in [0.15, 0.2) is 48.6 Å². The highest BCUT2D eigenvalue weighted by molar-refractivity contribution is 5.78. The van der Waals surface area contributed by atoms with Crippen molar-refractivity contribution in [2.75, 3.05) is 39.9 Å². The molecular weight excluding hydrogens is 845 g/mol. The van der Waals surface area contributed by atoms with Crippen LogP contribution in [0.4, 0.5) is 0 Å². The molecule has 0 aromatic carbocycles. The van der Waals surface area contributed by atoms with Crippen LogP contribution in [0.3, 0.4) is 0 Å². The van der Waals surface area contributed by atoms with E-state index in [1.54, 1.807) is 4.90 Å². The highest BCUT2D eigenvalue weighted by Crippen LogP contribution is 2.36. The SMILES string of the molecule is CCCCC/C=C\C/C=C\CCCCCCCCC1(CCCCCCCC/C=C\C/C=C\CCCCC)OCC(CCN(C)CCCCCC(=O)CCCCCCC(=O)N2C[C@H](O)C[C@H]2CO)O1. The van der Waals surface area contributed by atoms with Gasteiger partial charge in [0.2, 0.25) is 5.91 Å². The van der Waals surface area contributed by atoms with Crippen molar-refractivity contribution in [3.05, 3.63) is 48.6 Å². The first-order chi connectivity index (χ1) is 33.3. The molecule has 0 aromatic heterocycles. The minimum atomic E-state index is -0.529. The van der Waals surface area contributed by atoms with E-state index in [1.807, 2.05) is 0 Å². The molecule has 2 aliphatic heterocycles. The molecule has 8 nitrogen and oxygen atoms in total. The number of unbranched alkanes of at least 4 members (excludes halogenated alkanes) is 23. The first-order valence-corrected chi connectivity index (χ1v) is 29.0. The molecule has 0 spiro atoms. The van der Waals surface area contributed by atoms with Crippen molar-refractivity contribution in [3.8, 4) is 0 Å². The van der Waals surface area contributed by atoms with Crippen LogP contribution < -0.4 is 0 Å². The summed E-state index contributed by atoms with van der Waals surface area (Å²) in [6.45, 7) is 7.53. The van der Waals surface area contributed by atoms with Gasteiger partial charge in [-0.05, 0) is 129 Å². The molecule has 1 unspecified atom stereocenters. The molecule has 394 valence electrons. The summed E-state index contributed by atoms with van der Waals surface area (Å²) in [6, 6.07) is -0.250. The number of likely N-dealkylation sites (tertiary alicyclic amines) is 1. The second kappa shape index (κ2) is 43.7. The summed E-state index contributed by atoms with van der Waals surface area (Å²) in [4.78, 5) is 29.1. The van der Waals surface area contributed by atoms with Crippen LogP contribution in [0.1, 0.15) is 258 Å². The number of rotatable bonds is 47. The van der Waals surface area contributed by atoms with Crippen LogP contribution in [-0.4, -0.2) is 95.6 Å². The van der Waals surface area contributed by atoms with Gasteiger partial charge in [0.05, 0.1) is 31.5 Å². The third kappa shape index (κ3) is 33.5. The van der Waals surface area contributed by atoms with E-state index >= 15 is 0 Å². The Morgan fingerprint density at radius 3 is 1.56 bits per heavy atom. The van der Waals surface area contributed by atoms with Crippen molar-refractivity contribution < 1.29 is 29.3 Å². The number of ether oxygens (including phenoxy) is 2. The number of ketones is 1. The zero-order valence-corrected chi connectivity index (χ0v) is 44.7. The Balaban J connectivity index is 1.60. The summed E-state index contributed by atoms with van der Waals surface area (Å²) in [5, 5.41) is 19.3. The number of β-amino-alcohol motifs (C(OH)–C–C–N with tert-alkyl or cyclic N) is 1. The van der Waals surface area contributed by atoms with Crippen molar-refractivity contribution in [2.45, 2.75) is 282 Å². The van der Waals surface area contributed by atoms with E-state index in [2.05, 4.69) is 74.4 Å². The molecule has 2 saturated heterocycles. The van der Waals surface area contributed by atoms with Gasteiger partial charge in [0.15, 0.2) is 5.79 Å². The monoisotopic (exact) mass is 953 g/mol. The van der Waals surface area contributed by atoms with Gasteiger partial charge in [-0.3, -0.25) is 9.59 Å². The number of carbonyl (C=O) groups excluding carboxylic acids is 2. The Labute approximate surface area is 419 Å². The van der Waals surface area contributed by atoms with E-state index in [0.717, 1.165) is 90.1 Å². The van der Waals surface area contributed by atoms with E-state index in [4.69, 9.17) is 9.47 Å². The maximum absolute atomic E-state index is 12.5. The molecular formula is C60H108N2O6. The predicted molar refractivity (Wildman–Crippen MR) is 288 cm³/mol. The number of allylic oxidation sites excluding steroid dienone is 8. The summed E-state index contributed by atoms with van der Waals surface area (Å²) >= 11 is 0. The fourth-order valence-electron chi connectivity index (χ4n) is 9.86. The van der Waals surface area contributed by atoms with Gasteiger partial charge in [-0.15, -0.1) is 0 Å². The highest BCUT2D eigenvalue weighted by Gasteiger charge is 2.40. The summed E-state index contributed by atoms with van der Waals surface area (Å²) in [7, 11) is 2.22. The summed E-state index contributed by atoms with van der Waals surface area (Å²) in [5.74, 6) is -0.0193. The number of hydrogen-bond donors (Lipinski definition) is 2. The molecule has 8 heteroatoms. The fourth-order valence-corrected chi connectivity index (χ4v) is 9.86. The molecule has 68 heavy (non-hydrogen) atoms. The van der Waals surface area contributed by atoms with Crippen LogP contribution in [0.25, 0.3) is 0 Å². The lowest BCUT2D eigenvalue weighted by molar-refractivity contribution is -0.180. The van der Waals surface area contributed by atoms with Crippen LogP contribution in [0.5, 0.6) is 0 Å². The number of aliphatic hydroxyl groups is 2. The molecule has 2 rings (SSSR count). The van der Waals surface area contributed by atoms with E-state index in [-0.39, 0.29) is 24.7 Å². The van der Waals surface area contributed by atoms with E-state index in [1.165, 1.54) is 141 Å². The standard InChI is InChI=1S/C60H108N2O6/c1-4-6-8-10-12-14-16-18-20-22-24-26-28-30-34-40-47-60(48-41-35-31-29-27-25-23-21-19-17-15-13-11-9-7-5-2)67-54-58(68-60)46-50-61(3)49-42-36-38-44-56(64)43-37-32-33-39-45-59(66)62-52-57(65)51-55(62)53-63/h12-15,18-21,55,57-58,63,65H,4-11,16-17,22-54H2,1-3H3/b14-12-,15-13-,20-18-,21-19-/t55-,57+,58?/m0/s1. The molecule has 0 aromatic rings. The zero-order valence-electron chi connectivity index (χ0n) is 44.7. The Bertz CT molecular complexity index is 1260. The number of nitrogens with zero attached hydrogens (tertiary/aromatic N) is 2. The predicted octanol–water partition coefficient (Wildman–Crippen LogP) is 15.3. The van der Waals surface area contributed by atoms with E-state index < -0.39 is 11.9 Å². The second-order valence-corrected chi connectivity index (χ2v) is 20.8. The molecule has 2 fully saturated rings. The average Bonchev–Trinajstić information content (AvgIpc) is 3.94. The minimum Gasteiger partial charge on any atom is -0.394 e. The smallest absolute Gasteiger partial charge is 0.222 e. The molecule has 1 amide bonds. The highest BCUT2D eigenvalue weighted by atomic mass is 16.7. The van der Waals surface area contributed by atoms with Crippen LogP contribution in [0, 0.1) is 0 Å². The van der Waals surface area contributed by atoms with Crippen molar-refractivity contribution in [2.24, 2.45) is 0 Å². The van der Waals surface area contributed by atoms with Gasteiger partial charge in [0.25, 0.3) is 0 Å². The molecule has 2 aliphatic rings. The lowest BCUT2D eigenvalue weighted by Gasteiger charge is -2.29. The van der Waals surface area contributed by atoms with Gasteiger partial charge >= 0.3 is 0 Å². The zero-order chi connectivity index (χ0) is 49.0. The first-order valence-electron chi connectivity index (χ1n) is 29.0. The Kier molecular flexibility index (Phi) is 39.8. The van der Waals surface area contributed by atoms with Crippen LogP contribution >= 0.6 is 0 Å². The van der Waals surface area contributed by atoms with Gasteiger partial charge in [0.1, 0.15) is 5.78 Å². The van der Waals surface area contributed by atoms with Gasteiger partial charge < -0.3 is 29.5 Å². The lowest BCUT2D eigenvalue weighted by Crippen LogP contribution is -2.37. The van der Waals surface area contributed by atoms with Crippen LogP contribution in [0.2, 0.25) is 0 Å². The number of hydrogen-bond acceptors (Lipinski definition) is 7. The first kappa shape index (κ1) is 62.0. The van der Waals surface area contributed by atoms with Crippen molar-refractivity contribution in [1.82, 2.24) is 9.80 Å². The molecule has 0 saturated carbocycles. The Hall–Kier alpha value is -2.10. The van der Waals surface area contributed by atoms with Crippen molar-refractivity contribution in [1.29, 1.82) is 0 Å². The van der Waals surface area contributed by atoms with E-state index in [9.17, 15) is 19.8 Å². The number of carbonyl (C=O) groups is 2. The fraction of sp³-hybridized carbons (Fsp3) is 0.833. The second-order valence-electron chi connectivity index (χ2n) is 20.8. The van der Waals surface area contributed by atoms with Gasteiger partial charge in [0, 0.05) is 45.2 Å². The van der Waals surface area contributed by atoms with Gasteiger partial charge in [-0.1, -0.05) is 159 Å². The summed E-state index contributed by atoms with van der Waals surface area (Å²) in [5.41, 5.74) is 0. The third-order valence-corrected chi connectivity index (χ3v) is 14.3. The maximum atomic E-state index is 12.5. The Morgan fingerprint density at radius 2 is 1.04 bits per heavy atom. The number of aliphatic hydroxyl groups excluding tert-OH is 2. The number of amides is 1. The maximum Gasteiger partial charge on any atom is 0.222 e. The summed E-state index contributed by atoms with van der Waals surface area (Å²) in [6.07, 6.45) is 60.7. The van der Waals surface area contributed by atoms with Gasteiger partial charge in [-0.25, -0.2) is 0 Å². The normalized spacial score (nSPS) is 18.6. The van der Waals surface area contributed by atoms with Gasteiger partial charge in [-0.2, -0.15) is 0 Å². The Morgan fingerprint density at radius 1 is 0.588 bits per heavy atom. The quantitative estimate of drug-likeness (QED) is 0.0463. The van der Waals surface area contributed by atoms with Crippen LogP contribution in [-0.2, 0) is 19.1 Å². The van der Waals surface area contributed by atoms with E-state index in [0.29, 0.717) is 44.6 Å². The van der Waals surface area contributed by atoms with Crippen molar-refractivity contribution >= 4 is 11.7 Å². The molecule has 0 bridgehead atoms. The molecule has 0 radical (unpaired) electrons. The molecule has 2 heterocycles.